The van der Waals surface area contributed by atoms with Gasteiger partial charge in [-0.15, -0.1) is 0 Å². The summed E-state index contributed by atoms with van der Waals surface area (Å²) in [6.45, 7) is 6.95. The summed E-state index contributed by atoms with van der Waals surface area (Å²) in [5.74, 6) is -1.65. The second kappa shape index (κ2) is 10.1. The number of aliphatic carboxylic acids is 1. The number of nitrogens with one attached hydrogen (secondary N) is 4. The number of carbonyl (C=O) groups is 2. The lowest BCUT2D eigenvalue weighted by Gasteiger charge is -2.22. The zero-order valence-corrected chi connectivity index (χ0v) is 17.7. The summed E-state index contributed by atoms with van der Waals surface area (Å²) in [7, 11) is -3.88. The van der Waals surface area contributed by atoms with Gasteiger partial charge in [0.1, 0.15) is 11.6 Å². The third kappa shape index (κ3) is 9.28. The lowest BCUT2D eigenvalue weighted by atomic mass is 10.1. The summed E-state index contributed by atoms with van der Waals surface area (Å²) in [5.41, 5.74) is 0.156. The second-order valence-electron chi connectivity index (χ2n) is 7.40. The molecule has 0 unspecified atom stereocenters. The fourth-order valence-corrected chi connectivity index (χ4v) is 3.13. The molecule has 0 aliphatic rings. The van der Waals surface area contributed by atoms with E-state index in [0.717, 1.165) is 5.56 Å². The highest BCUT2D eigenvalue weighted by molar-refractivity contribution is 7.90. The summed E-state index contributed by atoms with van der Waals surface area (Å²) in [6, 6.07) is 5.00. The van der Waals surface area contributed by atoms with Gasteiger partial charge in [-0.2, -0.15) is 0 Å². The second-order valence-corrected chi connectivity index (χ2v) is 9.08. The van der Waals surface area contributed by atoms with Gasteiger partial charge in [0.2, 0.25) is 5.96 Å². The van der Waals surface area contributed by atoms with Crippen LogP contribution in [0, 0.1) is 12.3 Å². The molecular formula is C18H28N4O6S. The molecular weight excluding hydrogens is 400 g/mol. The molecule has 162 valence electrons. The molecule has 1 aromatic carbocycles. The number of ether oxygens (including phenoxy) is 1. The van der Waals surface area contributed by atoms with E-state index in [9.17, 15) is 23.1 Å². The Kier molecular flexibility index (Phi) is 8.43. The van der Waals surface area contributed by atoms with Gasteiger partial charge in [-0.1, -0.05) is 17.7 Å². The summed E-state index contributed by atoms with van der Waals surface area (Å²) < 4.78 is 31.5. The highest BCUT2D eigenvalue weighted by Gasteiger charge is 2.23. The van der Waals surface area contributed by atoms with E-state index in [1.807, 2.05) is 6.92 Å². The Balaban J connectivity index is 2.46. The fraction of sp³-hybridized carbons (Fsp3) is 0.500. The average Bonchev–Trinajstić information content (AvgIpc) is 2.55. The first-order valence-corrected chi connectivity index (χ1v) is 10.4. The third-order valence-electron chi connectivity index (χ3n) is 3.53. The lowest BCUT2D eigenvalue weighted by molar-refractivity contribution is -0.139. The van der Waals surface area contributed by atoms with E-state index in [1.54, 1.807) is 32.9 Å². The number of guanidine groups is 1. The number of amides is 1. The molecule has 0 aromatic heterocycles. The van der Waals surface area contributed by atoms with Crippen LogP contribution in [0.5, 0.6) is 0 Å². The first-order valence-electron chi connectivity index (χ1n) is 8.94. The number of hydrogen-bond donors (Lipinski definition) is 5. The SMILES string of the molecule is Cc1ccc(S(=O)(=O)NC(=N)NCCC[C@@H](NC(=O)OC(C)(C)C)C(=O)O)cc1. The smallest absolute Gasteiger partial charge is 0.408 e. The van der Waals surface area contributed by atoms with E-state index in [-0.39, 0.29) is 24.3 Å². The first-order chi connectivity index (χ1) is 13.3. The van der Waals surface area contributed by atoms with Gasteiger partial charge in [-0.3, -0.25) is 5.41 Å². The summed E-state index contributed by atoms with van der Waals surface area (Å²) in [6.07, 6.45) is -0.502. The van der Waals surface area contributed by atoms with Crippen LogP contribution < -0.4 is 15.4 Å². The molecule has 1 amide bonds. The number of carboxylic acid groups (broad SMARTS) is 1. The molecule has 0 heterocycles. The van der Waals surface area contributed by atoms with Crippen LogP contribution in [0.2, 0.25) is 0 Å². The van der Waals surface area contributed by atoms with Crippen LogP contribution in [0.4, 0.5) is 4.79 Å². The molecule has 0 saturated heterocycles. The number of aryl methyl sites for hydroxylation is 1. The molecule has 0 saturated carbocycles. The quantitative estimate of drug-likeness (QED) is 0.239. The topological polar surface area (TPSA) is 158 Å². The standard InChI is InChI=1S/C18H28N4O6S/c1-12-7-9-13(10-8-12)29(26,27)22-16(19)20-11-5-6-14(15(23)24)21-17(25)28-18(2,3)4/h7-10,14H,5-6,11H2,1-4H3,(H,21,25)(H,23,24)(H3,19,20,22)/t14-/m1/s1. The van der Waals surface area contributed by atoms with E-state index in [4.69, 9.17) is 10.1 Å². The van der Waals surface area contributed by atoms with Crippen LogP contribution in [0.1, 0.15) is 39.2 Å². The predicted molar refractivity (Wildman–Crippen MR) is 107 cm³/mol. The molecule has 11 heteroatoms. The summed E-state index contributed by atoms with van der Waals surface area (Å²) in [4.78, 5) is 23.0. The molecule has 0 aliphatic carbocycles. The van der Waals surface area contributed by atoms with Crippen LogP contribution >= 0.6 is 0 Å². The maximum Gasteiger partial charge on any atom is 0.408 e. The van der Waals surface area contributed by atoms with Crippen molar-refractivity contribution in [3.05, 3.63) is 29.8 Å². The van der Waals surface area contributed by atoms with E-state index in [1.165, 1.54) is 12.1 Å². The van der Waals surface area contributed by atoms with Crippen molar-refractivity contribution >= 4 is 28.0 Å². The highest BCUT2D eigenvalue weighted by Crippen LogP contribution is 2.10. The zero-order chi connectivity index (χ0) is 22.2. The molecule has 1 rings (SSSR count). The Morgan fingerprint density at radius 3 is 2.31 bits per heavy atom. The maximum atomic E-state index is 12.2. The van der Waals surface area contributed by atoms with Gasteiger partial charge >= 0.3 is 12.1 Å². The van der Waals surface area contributed by atoms with Crippen molar-refractivity contribution in [1.29, 1.82) is 5.41 Å². The van der Waals surface area contributed by atoms with Crippen molar-refractivity contribution < 1.29 is 27.9 Å². The zero-order valence-electron chi connectivity index (χ0n) is 16.9. The Labute approximate surface area is 170 Å². The Morgan fingerprint density at radius 2 is 1.79 bits per heavy atom. The van der Waals surface area contributed by atoms with Gasteiger partial charge in [0.05, 0.1) is 4.90 Å². The third-order valence-corrected chi connectivity index (χ3v) is 4.89. The van der Waals surface area contributed by atoms with Gasteiger partial charge < -0.3 is 20.5 Å². The van der Waals surface area contributed by atoms with Gasteiger partial charge in [0.25, 0.3) is 10.0 Å². The normalized spacial score (nSPS) is 12.6. The molecule has 29 heavy (non-hydrogen) atoms. The lowest BCUT2D eigenvalue weighted by Crippen LogP contribution is -2.44. The largest absolute Gasteiger partial charge is 0.480 e. The van der Waals surface area contributed by atoms with Crippen LogP contribution in [0.25, 0.3) is 0 Å². The van der Waals surface area contributed by atoms with Crippen LogP contribution in [-0.2, 0) is 19.6 Å². The van der Waals surface area contributed by atoms with E-state index in [0.29, 0.717) is 0 Å². The Hall–Kier alpha value is -2.82. The van der Waals surface area contributed by atoms with Crippen molar-refractivity contribution in [2.24, 2.45) is 0 Å². The minimum atomic E-state index is -3.88. The predicted octanol–water partition coefficient (Wildman–Crippen LogP) is 1.56. The Bertz CT molecular complexity index is 831. The van der Waals surface area contributed by atoms with Crippen molar-refractivity contribution in [2.45, 2.75) is 57.1 Å². The molecule has 0 fully saturated rings. The molecule has 0 radical (unpaired) electrons. The fourth-order valence-electron chi connectivity index (χ4n) is 2.17. The number of carbonyl (C=O) groups excluding carboxylic acids is 1. The van der Waals surface area contributed by atoms with E-state index >= 15 is 0 Å². The van der Waals surface area contributed by atoms with Crippen LogP contribution in [0.3, 0.4) is 0 Å². The van der Waals surface area contributed by atoms with E-state index < -0.39 is 39.7 Å². The first kappa shape index (κ1) is 24.2. The average molecular weight is 429 g/mol. The van der Waals surface area contributed by atoms with Gasteiger partial charge in [0, 0.05) is 6.54 Å². The molecule has 1 atom stereocenters. The minimum absolute atomic E-state index is 0.0298. The molecule has 10 nitrogen and oxygen atoms in total. The number of carboxylic acids is 1. The number of benzene rings is 1. The van der Waals surface area contributed by atoms with E-state index in [2.05, 4.69) is 15.4 Å². The van der Waals surface area contributed by atoms with Crippen molar-refractivity contribution in [3.63, 3.8) is 0 Å². The van der Waals surface area contributed by atoms with Gasteiger partial charge in [0.15, 0.2) is 0 Å². The van der Waals surface area contributed by atoms with Crippen molar-refractivity contribution in [2.75, 3.05) is 6.54 Å². The molecule has 0 spiro atoms. The number of rotatable bonds is 8. The number of sulfonamides is 1. The molecule has 5 N–H and O–H groups in total. The monoisotopic (exact) mass is 428 g/mol. The summed E-state index contributed by atoms with van der Waals surface area (Å²) in [5, 5.41) is 21.7. The highest BCUT2D eigenvalue weighted by atomic mass is 32.2. The van der Waals surface area contributed by atoms with Crippen LogP contribution in [-0.4, -0.2) is 49.7 Å². The number of hydrogen-bond acceptors (Lipinski definition) is 6. The minimum Gasteiger partial charge on any atom is -0.480 e. The summed E-state index contributed by atoms with van der Waals surface area (Å²) >= 11 is 0. The van der Waals surface area contributed by atoms with Gasteiger partial charge in [-0.05, 0) is 52.7 Å². The maximum absolute atomic E-state index is 12.2. The molecule has 0 aliphatic heterocycles. The molecule has 0 bridgehead atoms. The van der Waals surface area contributed by atoms with Crippen molar-refractivity contribution in [1.82, 2.24) is 15.4 Å². The Morgan fingerprint density at radius 1 is 1.21 bits per heavy atom. The molecule has 1 aromatic rings. The number of alkyl carbamates (subject to hydrolysis) is 1. The van der Waals surface area contributed by atoms with Gasteiger partial charge in [-0.25, -0.2) is 22.7 Å². The van der Waals surface area contributed by atoms with Crippen molar-refractivity contribution in [3.8, 4) is 0 Å². The van der Waals surface area contributed by atoms with Crippen LogP contribution in [0.15, 0.2) is 29.2 Å².